The molecule has 3 atom stereocenters. The van der Waals surface area contributed by atoms with Crippen molar-refractivity contribution in [1.82, 2.24) is 10.2 Å². The Morgan fingerprint density at radius 3 is 2.56 bits per heavy atom. The van der Waals surface area contributed by atoms with E-state index in [0.717, 1.165) is 18.4 Å². The molecule has 0 aliphatic carbocycles. The molecule has 5 nitrogen and oxygen atoms in total. The van der Waals surface area contributed by atoms with Gasteiger partial charge >= 0.3 is 0 Å². The molecular weight excluding hydrogens is 347 g/mol. The van der Waals surface area contributed by atoms with Gasteiger partial charge in [-0.25, -0.2) is 4.39 Å². The van der Waals surface area contributed by atoms with E-state index in [1.807, 2.05) is 11.8 Å². The molecule has 25 heavy (non-hydrogen) atoms. The van der Waals surface area contributed by atoms with Gasteiger partial charge in [0, 0.05) is 19.6 Å². The summed E-state index contributed by atoms with van der Waals surface area (Å²) in [5.41, 5.74) is 0.733. The highest BCUT2D eigenvalue weighted by molar-refractivity contribution is 5.85. The molecule has 1 amide bonds. The Bertz CT molecular complexity index is 564. The van der Waals surface area contributed by atoms with Crippen LogP contribution in [0.5, 0.6) is 0 Å². The number of nitrogens with zero attached hydrogens (tertiary/aromatic N) is 1. The zero-order chi connectivity index (χ0) is 17.1. The van der Waals surface area contributed by atoms with E-state index < -0.39 is 6.10 Å². The van der Waals surface area contributed by atoms with E-state index in [1.54, 1.807) is 12.1 Å². The van der Waals surface area contributed by atoms with Gasteiger partial charge in [-0.1, -0.05) is 12.1 Å². The van der Waals surface area contributed by atoms with Crippen LogP contribution in [0.2, 0.25) is 0 Å². The van der Waals surface area contributed by atoms with Crippen LogP contribution in [0.1, 0.15) is 31.4 Å². The number of piperidine rings is 1. The molecule has 0 radical (unpaired) electrons. The number of likely N-dealkylation sites (tertiary alicyclic amines) is 1. The fourth-order valence-corrected chi connectivity index (χ4v) is 3.57. The molecule has 7 heteroatoms. The number of benzene rings is 1. The van der Waals surface area contributed by atoms with Crippen molar-refractivity contribution >= 4 is 18.3 Å². The minimum absolute atomic E-state index is 0. The number of hydrogen-bond acceptors (Lipinski definition) is 4. The molecule has 1 unspecified atom stereocenters. The van der Waals surface area contributed by atoms with Crippen LogP contribution in [0.3, 0.4) is 0 Å². The maximum absolute atomic E-state index is 13.0. The lowest BCUT2D eigenvalue weighted by molar-refractivity contribution is -0.141. The quantitative estimate of drug-likeness (QED) is 0.850. The number of nitrogens with one attached hydrogen (secondary N) is 1. The maximum atomic E-state index is 13.0. The van der Waals surface area contributed by atoms with Crippen molar-refractivity contribution in [3.05, 3.63) is 35.6 Å². The molecule has 0 saturated carbocycles. The number of morpholine rings is 1. The van der Waals surface area contributed by atoms with E-state index in [0.29, 0.717) is 26.2 Å². The van der Waals surface area contributed by atoms with E-state index in [9.17, 15) is 14.3 Å². The molecular formula is C18H26ClFN2O3. The smallest absolute Gasteiger partial charge is 0.242 e. The molecule has 1 aromatic carbocycles. The summed E-state index contributed by atoms with van der Waals surface area (Å²) < 4.78 is 18.5. The van der Waals surface area contributed by atoms with Crippen molar-refractivity contribution in [3.8, 4) is 0 Å². The molecule has 2 fully saturated rings. The summed E-state index contributed by atoms with van der Waals surface area (Å²) in [4.78, 5) is 14.5. The molecule has 2 heterocycles. The zero-order valence-corrected chi connectivity index (χ0v) is 15.2. The summed E-state index contributed by atoms with van der Waals surface area (Å²) in [6.07, 6.45) is 0.755. The highest BCUT2D eigenvalue weighted by atomic mass is 35.5. The number of carbonyl (C=O) groups excluding carboxylic acids is 1. The number of carbonyl (C=O) groups is 1. The standard InChI is InChI=1S/C18H25FN2O3.ClH/c1-12-16(20-8-11-24-12)18(23)21-9-6-14(7-10-21)17(22)13-2-4-15(19)5-3-13;/h2-5,12,14,16-17,20,22H,6-11H2,1H3;1H/t12-,16+,17?;/m1./s1. The van der Waals surface area contributed by atoms with Crippen LogP contribution in [0, 0.1) is 11.7 Å². The Kier molecular flexibility index (Phi) is 7.19. The van der Waals surface area contributed by atoms with Crippen molar-refractivity contribution in [2.24, 2.45) is 5.92 Å². The SMILES string of the molecule is C[C@H]1OCCN[C@@H]1C(=O)N1CCC(C(O)c2ccc(F)cc2)CC1.Cl. The number of rotatable bonds is 3. The van der Waals surface area contributed by atoms with E-state index in [2.05, 4.69) is 5.32 Å². The summed E-state index contributed by atoms with van der Waals surface area (Å²) in [6, 6.07) is 5.71. The Morgan fingerprint density at radius 1 is 1.32 bits per heavy atom. The lowest BCUT2D eigenvalue weighted by atomic mass is 9.87. The lowest BCUT2D eigenvalue weighted by Crippen LogP contribution is -2.57. The maximum Gasteiger partial charge on any atom is 0.242 e. The van der Waals surface area contributed by atoms with Crippen LogP contribution < -0.4 is 5.32 Å². The van der Waals surface area contributed by atoms with Crippen LogP contribution in [-0.2, 0) is 9.53 Å². The third-order valence-electron chi connectivity index (χ3n) is 5.09. The highest BCUT2D eigenvalue weighted by Gasteiger charge is 2.35. The minimum atomic E-state index is -0.613. The van der Waals surface area contributed by atoms with Gasteiger partial charge in [-0.05, 0) is 43.4 Å². The van der Waals surface area contributed by atoms with Gasteiger partial charge < -0.3 is 20.1 Å². The average molecular weight is 373 g/mol. The molecule has 2 N–H and O–H groups in total. The number of amides is 1. The molecule has 140 valence electrons. The van der Waals surface area contributed by atoms with Crippen molar-refractivity contribution in [1.29, 1.82) is 0 Å². The summed E-state index contributed by atoms with van der Waals surface area (Å²) >= 11 is 0. The molecule has 0 bridgehead atoms. The first-order valence-electron chi connectivity index (χ1n) is 8.63. The first kappa shape index (κ1) is 20.1. The summed E-state index contributed by atoms with van der Waals surface area (Å²) in [7, 11) is 0. The third-order valence-corrected chi connectivity index (χ3v) is 5.09. The minimum Gasteiger partial charge on any atom is -0.388 e. The normalized spacial score (nSPS) is 26.0. The van der Waals surface area contributed by atoms with E-state index in [4.69, 9.17) is 4.74 Å². The van der Waals surface area contributed by atoms with Gasteiger partial charge in [0.25, 0.3) is 0 Å². The second-order valence-electron chi connectivity index (χ2n) is 6.67. The van der Waals surface area contributed by atoms with Crippen LogP contribution >= 0.6 is 12.4 Å². The number of ether oxygens (including phenoxy) is 1. The van der Waals surface area contributed by atoms with Crippen molar-refractivity contribution in [3.63, 3.8) is 0 Å². The third kappa shape index (κ3) is 4.70. The summed E-state index contributed by atoms with van der Waals surface area (Å²) in [5.74, 6) is -0.132. The van der Waals surface area contributed by atoms with Crippen LogP contribution in [0.4, 0.5) is 4.39 Å². The average Bonchev–Trinajstić information content (AvgIpc) is 2.62. The summed E-state index contributed by atoms with van der Waals surface area (Å²) in [5, 5.41) is 13.7. The largest absolute Gasteiger partial charge is 0.388 e. The monoisotopic (exact) mass is 372 g/mol. The zero-order valence-electron chi connectivity index (χ0n) is 14.4. The number of aliphatic hydroxyl groups is 1. The van der Waals surface area contributed by atoms with Crippen molar-refractivity contribution < 1.29 is 19.0 Å². The van der Waals surface area contributed by atoms with Crippen LogP contribution in [-0.4, -0.2) is 54.3 Å². The topological polar surface area (TPSA) is 61.8 Å². The van der Waals surface area contributed by atoms with Crippen LogP contribution in [0.25, 0.3) is 0 Å². The first-order valence-corrected chi connectivity index (χ1v) is 8.63. The lowest BCUT2D eigenvalue weighted by Gasteiger charge is -2.38. The van der Waals surface area contributed by atoms with Gasteiger partial charge in [0.2, 0.25) is 5.91 Å². The number of halogens is 2. The predicted molar refractivity (Wildman–Crippen MR) is 95.1 cm³/mol. The highest BCUT2D eigenvalue weighted by Crippen LogP contribution is 2.31. The van der Waals surface area contributed by atoms with Crippen molar-refractivity contribution in [2.75, 3.05) is 26.2 Å². The van der Waals surface area contributed by atoms with Gasteiger partial charge in [0.15, 0.2) is 0 Å². The Hall–Kier alpha value is -1.21. The van der Waals surface area contributed by atoms with E-state index in [-0.39, 0.29) is 42.2 Å². The second-order valence-corrected chi connectivity index (χ2v) is 6.67. The van der Waals surface area contributed by atoms with E-state index >= 15 is 0 Å². The predicted octanol–water partition coefficient (Wildman–Crippen LogP) is 1.90. The molecule has 2 aliphatic heterocycles. The molecule has 1 aromatic rings. The Balaban J connectivity index is 0.00000225. The number of aliphatic hydroxyl groups excluding tert-OH is 1. The first-order chi connectivity index (χ1) is 11.6. The molecule has 2 aliphatic rings. The number of hydrogen-bond donors (Lipinski definition) is 2. The molecule has 2 saturated heterocycles. The van der Waals surface area contributed by atoms with Gasteiger partial charge in [0.05, 0.1) is 18.8 Å². The fourth-order valence-electron chi connectivity index (χ4n) is 3.57. The van der Waals surface area contributed by atoms with Crippen LogP contribution in [0.15, 0.2) is 24.3 Å². The molecule has 0 aromatic heterocycles. The van der Waals surface area contributed by atoms with Gasteiger partial charge in [-0.2, -0.15) is 0 Å². The van der Waals surface area contributed by atoms with Crippen molar-refractivity contribution in [2.45, 2.75) is 38.0 Å². The Labute approximate surface area is 153 Å². The molecule has 0 spiro atoms. The van der Waals surface area contributed by atoms with Gasteiger partial charge in [-0.3, -0.25) is 4.79 Å². The van der Waals surface area contributed by atoms with Gasteiger partial charge in [0.1, 0.15) is 11.9 Å². The Morgan fingerprint density at radius 2 is 1.96 bits per heavy atom. The van der Waals surface area contributed by atoms with Gasteiger partial charge in [-0.15, -0.1) is 12.4 Å². The second kappa shape index (κ2) is 8.94. The molecule has 3 rings (SSSR count). The fraction of sp³-hybridized carbons (Fsp3) is 0.611. The summed E-state index contributed by atoms with van der Waals surface area (Å²) in [6.45, 7) is 4.51. The van der Waals surface area contributed by atoms with E-state index in [1.165, 1.54) is 12.1 Å².